The van der Waals surface area contributed by atoms with E-state index in [4.69, 9.17) is 0 Å². The van der Waals surface area contributed by atoms with Crippen molar-refractivity contribution in [2.24, 2.45) is 0 Å². The Morgan fingerprint density at radius 3 is 1.75 bits per heavy atom. The highest BCUT2D eigenvalue weighted by Gasteiger charge is 2.40. The van der Waals surface area contributed by atoms with E-state index in [1.807, 2.05) is 12.5 Å². The molecule has 0 fully saturated rings. The van der Waals surface area contributed by atoms with E-state index in [9.17, 15) is 0 Å². The van der Waals surface area contributed by atoms with Gasteiger partial charge >= 0.3 is 0 Å². The minimum Gasteiger partial charge on any atom is -0.319 e. The van der Waals surface area contributed by atoms with E-state index >= 15 is 0 Å². The first-order chi connectivity index (χ1) is 13.8. The van der Waals surface area contributed by atoms with Crippen LogP contribution < -0.4 is 0 Å². The van der Waals surface area contributed by atoms with Gasteiger partial charge in [-0.05, 0) is 40.7 Å². The first-order valence-electron chi connectivity index (χ1n) is 10.0. The van der Waals surface area contributed by atoms with Gasteiger partial charge in [-0.25, -0.2) is 4.98 Å². The molecule has 0 aliphatic heterocycles. The fraction of sp³-hybridized carbons (Fsp3) is 0.192. The quantitative estimate of drug-likeness (QED) is 0.392. The largest absolute Gasteiger partial charge is 0.319 e. The fourth-order valence-corrected chi connectivity index (χ4v) is 4.38. The van der Waals surface area contributed by atoms with E-state index in [0.717, 1.165) is 12.8 Å². The zero-order valence-electron chi connectivity index (χ0n) is 16.5. The molecule has 28 heavy (non-hydrogen) atoms. The van der Waals surface area contributed by atoms with E-state index < -0.39 is 5.54 Å². The number of rotatable bonds is 6. The Morgan fingerprint density at radius 1 is 0.714 bits per heavy atom. The highest BCUT2D eigenvalue weighted by Crippen LogP contribution is 2.43. The Morgan fingerprint density at radius 2 is 1.25 bits per heavy atom. The summed E-state index contributed by atoms with van der Waals surface area (Å²) in [6, 6.07) is 28.4. The predicted octanol–water partition coefficient (Wildman–Crippen LogP) is 5.85. The van der Waals surface area contributed by atoms with Gasteiger partial charge in [0.15, 0.2) is 0 Å². The molecule has 0 aliphatic carbocycles. The summed E-state index contributed by atoms with van der Waals surface area (Å²) in [5.41, 5.74) is 6.11. The number of hydrogen-bond acceptors (Lipinski definition) is 1. The second-order valence-corrected chi connectivity index (χ2v) is 7.07. The zero-order valence-corrected chi connectivity index (χ0v) is 16.5. The van der Waals surface area contributed by atoms with Crippen LogP contribution in [0.15, 0.2) is 97.6 Å². The molecule has 2 heteroatoms. The minimum atomic E-state index is -0.461. The molecule has 4 rings (SSSR count). The molecule has 0 bridgehead atoms. The molecule has 1 heterocycles. The molecule has 0 unspecified atom stereocenters. The van der Waals surface area contributed by atoms with E-state index in [1.165, 1.54) is 27.8 Å². The molecule has 0 N–H and O–H groups in total. The molecular formula is C26H26N2. The number of nitrogens with zero attached hydrogens (tertiary/aromatic N) is 2. The summed E-state index contributed by atoms with van der Waals surface area (Å²) >= 11 is 0. The highest BCUT2D eigenvalue weighted by atomic mass is 15.1. The Bertz CT molecular complexity index is 985. The lowest BCUT2D eigenvalue weighted by molar-refractivity contribution is 0.506. The van der Waals surface area contributed by atoms with Crippen LogP contribution in [0.25, 0.3) is 0 Å². The van der Waals surface area contributed by atoms with Crippen LogP contribution >= 0.6 is 0 Å². The normalized spacial score (nSPS) is 11.5. The maximum absolute atomic E-state index is 4.44. The van der Waals surface area contributed by atoms with E-state index in [2.05, 4.69) is 108 Å². The summed E-state index contributed by atoms with van der Waals surface area (Å²) in [6.45, 7) is 4.46. The van der Waals surface area contributed by atoms with Crippen molar-refractivity contribution >= 4 is 0 Å². The number of aromatic nitrogens is 2. The summed E-state index contributed by atoms with van der Waals surface area (Å²) < 4.78 is 2.27. The van der Waals surface area contributed by atoms with Crippen LogP contribution in [-0.4, -0.2) is 9.55 Å². The lowest BCUT2D eigenvalue weighted by Gasteiger charge is -2.39. The summed E-state index contributed by atoms with van der Waals surface area (Å²) in [5, 5.41) is 0. The van der Waals surface area contributed by atoms with Crippen molar-refractivity contribution in [2.45, 2.75) is 32.2 Å². The van der Waals surface area contributed by atoms with Crippen LogP contribution in [-0.2, 0) is 18.4 Å². The smallest absolute Gasteiger partial charge is 0.122 e. The van der Waals surface area contributed by atoms with Gasteiger partial charge in [0.2, 0.25) is 0 Å². The fourth-order valence-electron chi connectivity index (χ4n) is 4.38. The molecule has 0 aliphatic rings. The van der Waals surface area contributed by atoms with Gasteiger partial charge in [0.1, 0.15) is 5.54 Å². The Kier molecular flexibility index (Phi) is 5.12. The van der Waals surface area contributed by atoms with E-state index in [1.54, 1.807) is 0 Å². The van der Waals surface area contributed by atoms with Crippen LogP contribution in [0.3, 0.4) is 0 Å². The molecule has 140 valence electrons. The van der Waals surface area contributed by atoms with Gasteiger partial charge in [0, 0.05) is 12.4 Å². The van der Waals surface area contributed by atoms with Crippen molar-refractivity contribution in [3.63, 3.8) is 0 Å². The predicted molar refractivity (Wildman–Crippen MR) is 116 cm³/mol. The number of aryl methyl sites for hydroxylation is 2. The highest BCUT2D eigenvalue weighted by molar-refractivity contribution is 5.55. The molecular weight excluding hydrogens is 340 g/mol. The van der Waals surface area contributed by atoms with Crippen LogP contribution in [0, 0.1) is 0 Å². The van der Waals surface area contributed by atoms with Gasteiger partial charge in [-0.3, -0.25) is 0 Å². The van der Waals surface area contributed by atoms with Crippen molar-refractivity contribution in [3.05, 3.63) is 125 Å². The Balaban J connectivity index is 2.19. The Hall–Kier alpha value is -3.13. The maximum atomic E-state index is 4.44. The van der Waals surface area contributed by atoms with Crippen molar-refractivity contribution < 1.29 is 0 Å². The van der Waals surface area contributed by atoms with Gasteiger partial charge in [0.25, 0.3) is 0 Å². The van der Waals surface area contributed by atoms with Crippen LogP contribution in [0.2, 0.25) is 0 Å². The summed E-state index contributed by atoms with van der Waals surface area (Å²) in [4.78, 5) is 4.44. The molecule has 0 amide bonds. The topological polar surface area (TPSA) is 17.8 Å². The number of imidazole rings is 1. The van der Waals surface area contributed by atoms with Gasteiger partial charge < -0.3 is 4.57 Å². The standard InChI is InChI=1S/C26H26N2/c1-3-21-12-8-10-16-24(21)26(28-19-18-27-20-28,23-14-6-5-7-15-23)25-17-11-9-13-22(25)4-2/h5-20H,3-4H2,1-2H3. The molecule has 1 aromatic heterocycles. The average molecular weight is 367 g/mol. The van der Waals surface area contributed by atoms with Crippen molar-refractivity contribution in [1.29, 1.82) is 0 Å². The monoisotopic (exact) mass is 366 g/mol. The second-order valence-electron chi connectivity index (χ2n) is 7.07. The third-order valence-electron chi connectivity index (χ3n) is 5.66. The average Bonchev–Trinajstić information content (AvgIpc) is 3.31. The SMILES string of the molecule is CCc1ccccc1C(c1ccccc1)(c1ccccc1CC)n1ccnc1. The zero-order chi connectivity index (χ0) is 19.4. The van der Waals surface area contributed by atoms with Crippen LogP contribution in [0.1, 0.15) is 41.7 Å². The van der Waals surface area contributed by atoms with Gasteiger partial charge in [-0.2, -0.15) is 0 Å². The molecule has 2 nitrogen and oxygen atoms in total. The second kappa shape index (κ2) is 7.85. The van der Waals surface area contributed by atoms with E-state index in [-0.39, 0.29) is 0 Å². The Labute approximate surface area is 167 Å². The van der Waals surface area contributed by atoms with Crippen molar-refractivity contribution in [1.82, 2.24) is 9.55 Å². The van der Waals surface area contributed by atoms with Gasteiger partial charge in [-0.15, -0.1) is 0 Å². The number of benzene rings is 3. The van der Waals surface area contributed by atoms with Crippen LogP contribution in [0.4, 0.5) is 0 Å². The third kappa shape index (κ3) is 2.86. The molecule has 4 aromatic rings. The third-order valence-corrected chi connectivity index (χ3v) is 5.66. The van der Waals surface area contributed by atoms with Gasteiger partial charge in [-0.1, -0.05) is 92.7 Å². The molecule has 3 aromatic carbocycles. The summed E-state index contributed by atoms with van der Waals surface area (Å²) in [5.74, 6) is 0. The van der Waals surface area contributed by atoms with Crippen LogP contribution in [0.5, 0.6) is 0 Å². The maximum Gasteiger partial charge on any atom is 0.122 e. The summed E-state index contributed by atoms with van der Waals surface area (Å²) in [7, 11) is 0. The number of hydrogen-bond donors (Lipinski definition) is 0. The first kappa shape index (κ1) is 18.2. The van der Waals surface area contributed by atoms with Crippen molar-refractivity contribution in [2.75, 3.05) is 0 Å². The molecule has 0 atom stereocenters. The van der Waals surface area contributed by atoms with Gasteiger partial charge in [0.05, 0.1) is 6.33 Å². The molecule has 0 saturated carbocycles. The van der Waals surface area contributed by atoms with Crippen molar-refractivity contribution in [3.8, 4) is 0 Å². The minimum absolute atomic E-state index is 0.461. The first-order valence-corrected chi connectivity index (χ1v) is 10.0. The lowest BCUT2D eigenvalue weighted by Crippen LogP contribution is -2.38. The molecule has 0 spiro atoms. The summed E-state index contributed by atoms with van der Waals surface area (Å²) in [6.07, 6.45) is 7.88. The lowest BCUT2D eigenvalue weighted by atomic mass is 9.72. The molecule has 0 saturated heterocycles. The molecule has 0 radical (unpaired) electrons. The van der Waals surface area contributed by atoms with E-state index in [0.29, 0.717) is 0 Å².